The van der Waals surface area contributed by atoms with Gasteiger partial charge in [0, 0.05) is 20.1 Å². The van der Waals surface area contributed by atoms with Gasteiger partial charge in [0.15, 0.2) is 5.82 Å². The zero-order chi connectivity index (χ0) is 9.42. The molecule has 72 valence electrons. The monoisotopic (exact) mass is 244 g/mol. The molecule has 0 amide bonds. The SMILES string of the molecule is Cn1nc(N)c(Br)c1N1CCCC1. The minimum atomic E-state index is 0.574. The molecule has 13 heavy (non-hydrogen) atoms. The molecule has 4 nitrogen and oxygen atoms in total. The summed E-state index contributed by atoms with van der Waals surface area (Å²) in [5.74, 6) is 1.68. The summed E-state index contributed by atoms with van der Waals surface area (Å²) in [4.78, 5) is 2.31. The van der Waals surface area contributed by atoms with Gasteiger partial charge in [-0.25, -0.2) is 4.68 Å². The standard InChI is InChI=1S/C8H13BrN4/c1-12-8(6(9)7(10)11-12)13-4-2-3-5-13/h2-5H2,1H3,(H2,10,11). The van der Waals surface area contributed by atoms with E-state index in [9.17, 15) is 0 Å². The number of halogens is 1. The molecule has 1 aromatic heterocycles. The quantitative estimate of drug-likeness (QED) is 0.812. The second-order valence-electron chi connectivity index (χ2n) is 3.34. The average Bonchev–Trinajstić information content (AvgIpc) is 2.63. The Labute approximate surface area is 85.8 Å². The third kappa shape index (κ3) is 1.41. The van der Waals surface area contributed by atoms with Crippen molar-refractivity contribution in [2.75, 3.05) is 23.7 Å². The van der Waals surface area contributed by atoms with Crippen LogP contribution in [-0.2, 0) is 7.05 Å². The molecule has 1 aliphatic rings. The molecule has 1 fully saturated rings. The van der Waals surface area contributed by atoms with Gasteiger partial charge in [0.2, 0.25) is 0 Å². The number of aromatic nitrogens is 2. The van der Waals surface area contributed by atoms with Crippen LogP contribution in [0.25, 0.3) is 0 Å². The van der Waals surface area contributed by atoms with Crippen LogP contribution >= 0.6 is 15.9 Å². The largest absolute Gasteiger partial charge is 0.381 e. The second-order valence-corrected chi connectivity index (χ2v) is 4.13. The summed E-state index contributed by atoms with van der Waals surface area (Å²) in [7, 11) is 1.93. The Morgan fingerprint density at radius 2 is 2.00 bits per heavy atom. The molecule has 2 rings (SSSR count). The fourth-order valence-corrected chi connectivity index (χ4v) is 2.37. The summed E-state index contributed by atoms with van der Waals surface area (Å²) in [6, 6.07) is 0. The Bertz CT molecular complexity index is 314. The highest BCUT2D eigenvalue weighted by Gasteiger charge is 2.20. The molecule has 0 saturated carbocycles. The molecular formula is C8H13BrN4. The summed E-state index contributed by atoms with van der Waals surface area (Å²) >= 11 is 3.46. The number of nitrogen functional groups attached to an aromatic ring is 1. The van der Waals surface area contributed by atoms with E-state index in [1.54, 1.807) is 0 Å². The van der Waals surface area contributed by atoms with E-state index in [0.29, 0.717) is 5.82 Å². The van der Waals surface area contributed by atoms with Crippen LogP contribution in [0.15, 0.2) is 4.47 Å². The van der Waals surface area contributed by atoms with Gasteiger partial charge >= 0.3 is 0 Å². The Balaban J connectivity index is 2.37. The number of nitrogens with zero attached hydrogens (tertiary/aromatic N) is 3. The van der Waals surface area contributed by atoms with Crippen molar-refractivity contribution in [2.24, 2.45) is 7.05 Å². The Hall–Kier alpha value is -0.710. The fraction of sp³-hybridized carbons (Fsp3) is 0.625. The van der Waals surface area contributed by atoms with Crippen molar-refractivity contribution in [1.29, 1.82) is 0 Å². The second kappa shape index (κ2) is 3.21. The van der Waals surface area contributed by atoms with Gasteiger partial charge < -0.3 is 10.6 Å². The molecule has 0 unspecified atom stereocenters. The topological polar surface area (TPSA) is 47.1 Å². The number of anilines is 2. The molecule has 0 atom stereocenters. The summed E-state index contributed by atoms with van der Waals surface area (Å²) < 4.78 is 2.77. The molecule has 1 saturated heterocycles. The first-order valence-electron chi connectivity index (χ1n) is 4.43. The summed E-state index contributed by atoms with van der Waals surface area (Å²) in [5.41, 5.74) is 5.70. The number of hydrogen-bond donors (Lipinski definition) is 1. The van der Waals surface area contributed by atoms with E-state index in [0.717, 1.165) is 23.4 Å². The Morgan fingerprint density at radius 1 is 1.38 bits per heavy atom. The van der Waals surface area contributed by atoms with Gasteiger partial charge in [-0.2, -0.15) is 5.10 Å². The van der Waals surface area contributed by atoms with Gasteiger partial charge in [-0.05, 0) is 28.8 Å². The number of hydrogen-bond acceptors (Lipinski definition) is 3. The van der Waals surface area contributed by atoms with Crippen molar-refractivity contribution >= 4 is 27.6 Å². The van der Waals surface area contributed by atoms with Crippen LogP contribution in [0, 0.1) is 0 Å². The molecule has 5 heteroatoms. The van der Waals surface area contributed by atoms with Crippen LogP contribution < -0.4 is 10.6 Å². The van der Waals surface area contributed by atoms with Crippen molar-refractivity contribution in [3.63, 3.8) is 0 Å². The van der Waals surface area contributed by atoms with E-state index in [-0.39, 0.29) is 0 Å². The van der Waals surface area contributed by atoms with Gasteiger partial charge in [-0.1, -0.05) is 0 Å². The third-order valence-corrected chi connectivity index (χ3v) is 3.15. The van der Waals surface area contributed by atoms with Crippen LogP contribution in [0.5, 0.6) is 0 Å². The van der Waals surface area contributed by atoms with Crippen molar-refractivity contribution in [1.82, 2.24) is 9.78 Å². The molecule has 1 aliphatic heterocycles. The van der Waals surface area contributed by atoms with E-state index in [1.807, 2.05) is 11.7 Å². The summed E-state index contributed by atoms with van der Waals surface area (Å²) in [6.07, 6.45) is 2.52. The highest BCUT2D eigenvalue weighted by Crippen LogP contribution is 2.32. The van der Waals surface area contributed by atoms with Crippen molar-refractivity contribution in [3.8, 4) is 0 Å². The van der Waals surface area contributed by atoms with E-state index >= 15 is 0 Å². The third-order valence-electron chi connectivity index (χ3n) is 2.39. The van der Waals surface area contributed by atoms with Crippen LogP contribution in [0.1, 0.15) is 12.8 Å². The predicted octanol–water partition coefficient (Wildman–Crippen LogP) is 1.36. The lowest BCUT2D eigenvalue weighted by molar-refractivity contribution is 0.742. The zero-order valence-electron chi connectivity index (χ0n) is 7.63. The molecule has 0 bridgehead atoms. The fourth-order valence-electron chi connectivity index (χ4n) is 1.78. The van der Waals surface area contributed by atoms with Crippen LogP contribution in [0.2, 0.25) is 0 Å². The van der Waals surface area contributed by atoms with Gasteiger partial charge in [-0.3, -0.25) is 0 Å². The van der Waals surface area contributed by atoms with E-state index in [2.05, 4.69) is 25.9 Å². The number of aryl methyl sites for hydroxylation is 1. The van der Waals surface area contributed by atoms with Crippen molar-refractivity contribution in [2.45, 2.75) is 12.8 Å². The average molecular weight is 245 g/mol. The van der Waals surface area contributed by atoms with Gasteiger partial charge in [-0.15, -0.1) is 0 Å². The molecule has 0 aromatic carbocycles. The smallest absolute Gasteiger partial charge is 0.162 e. The Morgan fingerprint density at radius 3 is 2.46 bits per heavy atom. The molecule has 1 aromatic rings. The minimum Gasteiger partial charge on any atom is -0.381 e. The maximum absolute atomic E-state index is 5.70. The highest BCUT2D eigenvalue weighted by atomic mass is 79.9. The maximum Gasteiger partial charge on any atom is 0.162 e. The zero-order valence-corrected chi connectivity index (χ0v) is 9.21. The molecule has 2 N–H and O–H groups in total. The van der Waals surface area contributed by atoms with Crippen LogP contribution in [0.4, 0.5) is 11.6 Å². The molecule has 0 spiro atoms. The lowest BCUT2D eigenvalue weighted by atomic mass is 10.4. The Kier molecular flexibility index (Phi) is 2.19. The first-order chi connectivity index (χ1) is 6.20. The summed E-state index contributed by atoms with van der Waals surface area (Å²) in [5, 5.41) is 4.16. The van der Waals surface area contributed by atoms with Gasteiger partial charge in [0.05, 0.1) is 0 Å². The maximum atomic E-state index is 5.70. The molecular weight excluding hydrogens is 232 g/mol. The van der Waals surface area contributed by atoms with Crippen LogP contribution in [-0.4, -0.2) is 22.9 Å². The van der Waals surface area contributed by atoms with Crippen molar-refractivity contribution < 1.29 is 0 Å². The number of nitrogens with two attached hydrogens (primary N) is 1. The molecule has 0 radical (unpaired) electrons. The number of rotatable bonds is 1. The van der Waals surface area contributed by atoms with Gasteiger partial charge in [0.1, 0.15) is 10.3 Å². The summed E-state index contributed by atoms with van der Waals surface area (Å²) in [6.45, 7) is 2.22. The van der Waals surface area contributed by atoms with E-state index in [1.165, 1.54) is 12.8 Å². The first-order valence-corrected chi connectivity index (χ1v) is 5.22. The van der Waals surface area contributed by atoms with Crippen LogP contribution in [0.3, 0.4) is 0 Å². The normalized spacial score (nSPS) is 16.9. The minimum absolute atomic E-state index is 0.574. The van der Waals surface area contributed by atoms with E-state index < -0.39 is 0 Å². The lowest BCUT2D eigenvalue weighted by Gasteiger charge is -2.17. The molecule has 0 aliphatic carbocycles. The lowest BCUT2D eigenvalue weighted by Crippen LogP contribution is -2.20. The predicted molar refractivity (Wildman–Crippen MR) is 56.8 cm³/mol. The first kappa shape index (κ1) is 8.87. The van der Waals surface area contributed by atoms with E-state index in [4.69, 9.17) is 5.73 Å². The van der Waals surface area contributed by atoms with Crippen molar-refractivity contribution in [3.05, 3.63) is 4.47 Å². The molecule has 2 heterocycles. The van der Waals surface area contributed by atoms with Gasteiger partial charge in [0.25, 0.3) is 0 Å². The highest BCUT2D eigenvalue weighted by molar-refractivity contribution is 9.10.